The lowest BCUT2D eigenvalue weighted by molar-refractivity contribution is 0.0958. The monoisotopic (exact) mass is 521 g/mol. The Hall–Kier alpha value is -1.39. The molecule has 0 atom stereocenters. The smallest absolute Gasteiger partial charge is 0.263 e. The number of carbonyl (C=O) groups is 1. The first-order valence-electron chi connectivity index (χ1n) is 8.44. The van der Waals surface area contributed by atoms with Crippen LogP contribution in [0.5, 0.6) is 0 Å². The fraction of sp³-hybridized carbons (Fsp3) is 0.389. The van der Waals surface area contributed by atoms with Crippen LogP contribution in [0.4, 0.5) is 0 Å². The van der Waals surface area contributed by atoms with Crippen molar-refractivity contribution in [1.29, 1.82) is 0 Å². The summed E-state index contributed by atoms with van der Waals surface area (Å²) in [6, 6.07) is 7.76. The van der Waals surface area contributed by atoms with E-state index in [-0.39, 0.29) is 29.9 Å². The number of benzene rings is 1. The van der Waals surface area contributed by atoms with E-state index in [1.165, 1.54) is 11.3 Å². The number of hydrogen-bond donors (Lipinski definition) is 2. The summed E-state index contributed by atoms with van der Waals surface area (Å²) >= 11 is 7.58. The predicted octanol–water partition coefficient (Wildman–Crippen LogP) is 3.55. The van der Waals surface area contributed by atoms with Crippen LogP contribution in [0.15, 0.2) is 34.8 Å². The van der Waals surface area contributed by atoms with Crippen LogP contribution in [0, 0.1) is 6.92 Å². The molecule has 6 nitrogen and oxygen atoms in total. The van der Waals surface area contributed by atoms with E-state index in [0.717, 1.165) is 28.8 Å². The van der Waals surface area contributed by atoms with Gasteiger partial charge in [-0.25, -0.2) is 4.98 Å². The van der Waals surface area contributed by atoms with Gasteiger partial charge in [-0.1, -0.05) is 29.8 Å². The minimum absolute atomic E-state index is 0. The summed E-state index contributed by atoms with van der Waals surface area (Å²) in [6.07, 6.45) is 0. The number of aryl methyl sites for hydroxylation is 1. The summed E-state index contributed by atoms with van der Waals surface area (Å²) in [5.41, 5.74) is 3.47. The van der Waals surface area contributed by atoms with Crippen molar-refractivity contribution < 1.29 is 4.79 Å². The van der Waals surface area contributed by atoms with Crippen LogP contribution in [0.25, 0.3) is 0 Å². The molecule has 0 spiro atoms. The molecule has 0 aliphatic carbocycles. The molecule has 0 saturated carbocycles. The minimum atomic E-state index is -0.102. The summed E-state index contributed by atoms with van der Waals surface area (Å²) < 4.78 is 0. The van der Waals surface area contributed by atoms with Gasteiger partial charge in [-0.15, -0.1) is 35.3 Å². The lowest BCUT2D eigenvalue weighted by atomic mass is 10.2. The number of aromatic nitrogens is 1. The number of rotatable bonds is 7. The quantitative estimate of drug-likeness (QED) is 0.253. The normalized spacial score (nSPS) is 10.9. The Morgan fingerprint density at radius 1 is 1.33 bits per heavy atom. The Labute approximate surface area is 186 Å². The number of nitrogens with one attached hydrogen (secondary N) is 2. The maximum atomic E-state index is 12.1. The molecule has 27 heavy (non-hydrogen) atoms. The standard InChI is InChI=1S/C18H24ClN5OS.HI/c1-4-20-18(24(3)11-14-7-5-6-8-15(14)19)22-10-9-21-17(25)16-13(2)23-12-26-16;/h5-8,12H,4,9-11H2,1-3H3,(H,20,22)(H,21,25);1H. The van der Waals surface area contributed by atoms with Gasteiger partial charge in [-0.3, -0.25) is 9.79 Å². The van der Waals surface area contributed by atoms with Crippen molar-refractivity contribution in [3.63, 3.8) is 0 Å². The van der Waals surface area contributed by atoms with Gasteiger partial charge < -0.3 is 15.5 Å². The molecule has 0 bridgehead atoms. The average molecular weight is 522 g/mol. The largest absolute Gasteiger partial charge is 0.357 e. The summed E-state index contributed by atoms with van der Waals surface area (Å²) in [6.45, 7) is 6.21. The Kier molecular flexibility index (Phi) is 10.6. The molecule has 1 heterocycles. The van der Waals surface area contributed by atoms with Crippen LogP contribution in [0.2, 0.25) is 5.02 Å². The summed E-state index contributed by atoms with van der Waals surface area (Å²) in [5, 5.41) is 6.88. The Balaban J connectivity index is 0.00000364. The van der Waals surface area contributed by atoms with Crippen LogP contribution in [0.3, 0.4) is 0 Å². The second-order valence-corrected chi connectivity index (χ2v) is 6.97. The van der Waals surface area contributed by atoms with Crippen molar-refractivity contribution in [2.75, 3.05) is 26.7 Å². The van der Waals surface area contributed by atoms with E-state index in [0.29, 0.717) is 24.5 Å². The van der Waals surface area contributed by atoms with Crippen LogP contribution in [0.1, 0.15) is 27.9 Å². The van der Waals surface area contributed by atoms with Crippen LogP contribution >= 0.6 is 46.9 Å². The fourth-order valence-electron chi connectivity index (χ4n) is 2.36. The van der Waals surface area contributed by atoms with Gasteiger partial charge in [0.1, 0.15) is 4.88 Å². The second kappa shape index (κ2) is 12.1. The van der Waals surface area contributed by atoms with E-state index in [2.05, 4.69) is 20.6 Å². The predicted molar refractivity (Wildman–Crippen MR) is 123 cm³/mol. The van der Waals surface area contributed by atoms with Crippen molar-refractivity contribution in [2.24, 2.45) is 4.99 Å². The molecular weight excluding hydrogens is 497 g/mol. The highest BCUT2D eigenvalue weighted by Gasteiger charge is 2.11. The number of amides is 1. The Morgan fingerprint density at radius 3 is 2.70 bits per heavy atom. The maximum Gasteiger partial charge on any atom is 0.263 e. The second-order valence-electron chi connectivity index (χ2n) is 5.71. The van der Waals surface area contributed by atoms with Crippen LogP contribution < -0.4 is 10.6 Å². The van der Waals surface area contributed by atoms with Gasteiger partial charge in [-0.05, 0) is 25.5 Å². The molecule has 2 N–H and O–H groups in total. The molecule has 0 aliphatic heterocycles. The van der Waals surface area contributed by atoms with Crippen molar-refractivity contribution in [3.05, 3.63) is 50.9 Å². The van der Waals surface area contributed by atoms with Gasteiger partial charge in [0.25, 0.3) is 5.91 Å². The third kappa shape index (κ3) is 7.27. The molecule has 0 saturated heterocycles. The minimum Gasteiger partial charge on any atom is -0.357 e. The SMILES string of the molecule is CCNC(=NCCNC(=O)c1scnc1C)N(C)Cc1ccccc1Cl.I. The molecule has 0 aliphatic rings. The number of halogens is 2. The van der Waals surface area contributed by atoms with Gasteiger partial charge in [-0.2, -0.15) is 0 Å². The van der Waals surface area contributed by atoms with Crippen molar-refractivity contribution in [2.45, 2.75) is 20.4 Å². The molecule has 2 aromatic rings. The number of guanidine groups is 1. The molecule has 1 aromatic carbocycles. The fourth-order valence-corrected chi connectivity index (χ4v) is 3.27. The highest BCUT2D eigenvalue weighted by Crippen LogP contribution is 2.16. The molecule has 9 heteroatoms. The molecule has 0 unspecified atom stereocenters. The van der Waals surface area contributed by atoms with E-state index >= 15 is 0 Å². The molecule has 0 fully saturated rings. The molecule has 1 amide bonds. The topological polar surface area (TPSA) is 69.6 Å². The van der Waals surface area contributed by atoms with E-state index < -0.39 is 0 Å². The number of aliphatic imine (C=N–C) groups is 1. The third-order valence-corrected chi connectivity index (χ3v) is 4.97. The number of nitrogens with zero attached hydrogens (tertiary/aromatic N) is 3. The third-order valence-electron chi connectivity index (χ3n) is 3.67. The van der Waals surface area contributed by atoms with Crippen molar-refractivity contribution >= 4 is 58.8 Å². The lowest BCUT2D eigenvalue weighted by Crippen LogP contribution is -2.39. The molecular formula is C18H25ClIN5OS. The first-order chi connectivity index (χ1) is 12.5. The summed E-state index contributed by atoms with van der Waals surface area (Å²) in [4.78, 5) is 23.4. The van der Waals surface area contributed by atoms with Gasteiger partial charge >= 0.3 is 0 Å². The van der Waals surface area contributed by atoms with E-state index in [1.54, 1.807) is 5.51 Å². The van der Waals surface area contributed by atoms with E-state index in [4.69, 9.17) is 11.6 Å². The summed E-state index contributed by atoms with van der Waals surface area (Å²) in [7, 11) is 1.96. The Bertz CT molecular complexity index is 768. The zero-order valence-electron chi connectivity index (χ0n) is 15.7. The highest BCUT2D eigenvalue weighted by molar-refractivity contribution is 14.0. The van der Waals surface area contributed by atoms with E-state index in [9.17, 15) is 4.79 Å². The van der Waals surface area contributed by atoms with E-state index in [1.807, 2.05) is 50.1 Å². The van der Waals surface area contributed by atoms with Gasteiger partial charge in [0.15, 0.2) is 5.96 Å². The average Bonchev–Trinajstić information content (AvgIpc) is 3.05. The molecule has 148 valence electrons. The Morgan fingerprint density at radius 2 is 2.07 bits per heavy atom. The first kappa shape index (κ1) is 23.6. The number of thiazole rings is 1. The summed E-state index contributed by atoms with van der Waals surface area (Å²) in [5.74, 6) is 0.672. The van der Waals surface area contributed by atoms with Crippen molar-refractivity contribution in [1.82, 2.24) is 20.5 Å². The van der Waals surface area contributed by atoms with Crippen LogP contribution in [-0.2, 0) is 6.54 Å². The van der Waals surface area contributed by atoms with Crippen molar-refractivity contribution in [3.8, 4) is 0 Å². The maximum absolute atomic E-state index is 12.1. The van der Waals surface area contributed by atoms with Crippen LogP contribution in [-0.4, -0.2) is 48.4 Å². The lowest BCUT2D eigenvalue weighted by Gasteiger charge is -2.22. The highest BCUT2D eigenvalue weighted by atomic mass is 127. The molecule has 0 radical (unpaired) electrons. The first-order valence-corrected chi connectivity index (χ1v) is 9.69. The van der Waals surface area contributed by atoms with Gasteiger partial charge in [0, 0.05) is 31.7 Å². The molecule has 1 aromatic heterocycles. The zero-order chi connectivity index (χ0) is 18.9. The molecule has 2 rings (SSSR count). The van der Waals surface area contributed by atoms with Gasteiger partial charge in [0.05, 0.1) is 17.7 Å². The number of carbonyl (C=O) groups excluding carboxylic acids is 1. The number of hydrogen-bond acceptors (Lipinski definition) is 4. The zero-order valence-corrected chi connectivity index (χ0v) is 19.6. The van der Waals surface area contributed by atoms with Gasteiger partial charge in [0.2, 0.25) is 0 Å².